The minimum absolute atomic E-state index is 0.0935. The second-order valence-corrected chi connectivity index (χ2v) is 6.54. The van der Waals surface area contributed by atoms with Gasteiger partial charge in [-0.15, -0.1) is 0 Å². The topological polar surface area (TPSA) is 95.7 Å². The van der Waals surface area contributed by atoms with Crippen LogP contribution in [-0.2, 0) is 25.7 Å². The normalized spacial score (nSPS) is 10.5. The lowest BCUT2D eigenvalue weighted by molar-refractivity contribution is -0.385. The first kappa shape index (κ1) is 23.5. The molecule has 1 rings (SSSR count). The summed E-state index contributed by atoms with van der Waals surface area (Å²) in [5, 5.41) is 10.7. The van der Waals surface area contributed by atoms with E-state index in [1.807, 2.05) is 0 Å². The average molecular weight is 397 g/mol. The molecule has 0 heterocycles. The summed E-state index contributed by atoms with van der Waals surface area (Å²) in [5.74, 6) is -1.88. The molecule has 0 aliphatic rings. The van der Waals surface area contributed by atoms with Crippen LogP contribution in [0, 0.1) is 15.9 Å². The summed E-state index contributed by atoms with van der Waals surface area (Å²) >= 11 is 0. The summed E-state index contributed by atoms with van der Waals surface area (Å²) < 4.78 is 23.5. The van der Waals surface area contributed by atoms with E-state index in [-0.39, 0.29) is 24.1 Å². The third-order valence-electron chi connectivity index (χ3n) is 4.17. The zero-order valence-corrected chi connectivity index (χ0v) is 16.3. The predicted octanol–water partition coefficient (Wildman–Crippen LogP) is 4.85. The molecule has 1 aromatic rings. The van der Waals surface area contributed by atoms with Gasteiger partial charge in [-0.25, -0.2) is 4.39 Å². The van der Waals surface area contributed by atoms with Crippen LogP contribution >= 0.6 is 0 Å². The Balaban J connectivity index is 2.17. The first-order valence-electron chi connectivity index (χ1n) is 9.68. The fourth-order valence-electron chi connectivity index (χ4n) is 2.54. The largest absolute Gasteiger partial charge is 0.466 e. The van der Waals surface area contributed by atoms with Crippen molar-refractivity contribution in [1.82, 2.24) is 0 Å². The summed E-state index contributed by atoms with van der Waals surface area (Å²) in [6.45, 7) is 2.07. The lowest BCUT2D eigenvalue weighted by atomic mass is 10.1. The molecule has 0 atom stereocenters. The van der Waals surface area contributed by atoms with Crippen molar-refractivity contribution in [2.75, 3.05) is 6.61 Å². The van der Waals surface area contributed by atoms with E-state index >= 15 is 0 Å². The number of halogens is 1. The molecule has 0 aromatic heterocycles. The Bertz CT molecular complexity index is 650. The predicted molar refractivity (Wildman–Crippen MR) is 101 cm³/mol. The minimum atomic E-state index is -0.701. The van der Waals surface area contributed by atoms with Crippen LogP contribution in [0.4, 0.5) is 10.1 Å². The SMILES string of the molecule is CCCCCCCCCOC(=O)CCC(=O)OCc1cc([N+](=O)[O-])ccc1F. The number of hydrogen-bond donors (Lipinski definition) is 0. The number of carbonyl (C=O) groups is 2. The number of esters is 2. The maximum Gasteiger partial charge on any atom is 0.306 e. The van der Waals surface area contributed by atoms with Crippen LogP contribution in [0.5, 0.6) is 0 Å². The maximum atomic E-state index is 13.6. The van der Waals surface area contributed by atoms with Crippen LogP contribution < -0.4 is 0 Å². The number of unbranched alkanes of at least 4 members (excludes halogenated alkanes) is 6. The first-order valence-corrected chi connectivity index (χ1v) is 9.68. The summed E-state index contributed by atoms with van der Waals surface area (Å²) in [6, 6.07) is 2.99. The smallest absolute Gasteiger partial charge is 0.306 e. The molecule has 8 heteroatoms. The van der Waals surface area contributed by atoms with Gasteiger partial charge in [0.05, 0.1) is 24.4 Å². The molecule has 7 nitrogen and oxygen atoms in total. The zero-order chi connectivity index (χ0) is 20.8. The van der Waals surface area contributed by atoms with Crippen molar-refractivity contribution >= 4 is 17.6 Å². The van der Waals surface area contributed by atoms with Crippen LogP contribution in [0.3, 0.4) is 0 Å². The highest BCUT2D eigenvalue weighted by molar-refractivity contribution is 5.77. The van der Waals surface area contributed by atoms with Gasteiger partial charge in [0, 0.05) is 17.7 Å². The molecular formula is C20H28FNO6. The van der Waals surface area contributed by atoms with Crippen molar-refractivity contribution < 1.29 is 28.4 Å². The molecule has 0 aliphatic carbocycles. The van der Waals surface area contributed by atoms with Crippen molar-refractivity contribution in [1.29, 1.82) is 0 Å². The molecular weight excluding hydrogens is 369 g/mol. The maximum absolute atomic E-state index is 13.6. The molecule has 28 heavy (non-hydrogen) atoms. The molecule has 0 saturated carbocycles. The molecule has 0 unspecified atom stereocenters. The molecule has 1 aromatic carbocycles. The van der Waals surface area contributed by atoms with Crippen LogP contribution in [0.1, 0.15) is 70.3 Å². The molecule has 0 bridgehead atoms. The molecule has 0 aliphatic heterocycles. The van der Waals surface area contributed by atoms with E-state index in [4.69, 9.17) is 9.47 Å². The van der Waals surface area contributed by atoms with Gasteiger partial charge in [-0.2, -0.15) is 0 Å². The third-order valence-corrected chi connectivity index (χ3v) is 4.17. The standard InChI is InChI=1S/C20H28FNO6/c1-2-3-4-5-6-7-8-13-27-19(23)11-12-20(24)28-15-16-14-17(22(25)26)9-10-18(16)21/h9-10,14H,2-8,11-13,15H2,1H3. The molecule has 0 fully saturated rings. The van der Waals surface area contributed by atoms with Gasteiger partial charge in [0.25, 0.3) is 5.69 Å². The number of benzene rings is 1. The molecule has 0 N–H and O–H groups in total. The number of non-ortho nitro benzene ring substituents is 1. The number of nitro groups is 1. The number of nitro benzene ring substituents is 1. The Morgan fingerprint density at radius 1 is 1.00 bits per heavy atom. The van der Waals surface area contributed by atoms with E-state index in [1.54, 1.807) is 0 Å². The fraction of sp³-hybridized carbons (Fsp3) is 0.600. The summed E-state index contributed by atoms with van der Waals surface area (Å²) in [5.41, 5.74) is -0.384. The number of rotatable bonds is 14. The summed E-state index contributed by atoms with van der Waals surface area (Å²) in [7, 11) is 0. The van der Waals surface area contributed by atoms with E-state index in [0.29, 0.717) is 6.61 Å². The highest BCUT2D eigenvalue weighted by atomic mass is 19.1. The van der Waals surface area contributed by atoms with E-state index < -0.39 is 29.3 Å². The second kappa shape index (κ2) is 13.6. The van der Waals surface area contributed by atoms with Crippen LogP contribution in [-0.4, -0.2) is 23.5 Å². The molecule has 0 radical (unpaired) electrons. The monoisotopic (exact) mass is 397 g/mol. The zero-order valence-electron chi connectivity index (χ0n) is 16.3. The Labute approximate surface area is 164 Å². The first-order chi connectivity index (χ1) is 13.4. The third kappa shape index (κ3) is 9.99. The van der Waals surface area contributed by atoms with Crippen molar-refractivity contribution in [3.63, 3.8) is 0 Å². The van der Waals surface area contributed by atoms with Crippen LogP contribution in [0.15, 0.2) is 18.2 Å². The summed E-state index contributed by atoms with van der Waals surface area (Å²) in [6.07, 6.45) is 7.51. The molecule has 0 saturated heterocycles. The second-order valence-electron chi connectivity index (χ2n) is 6.54. The van der Waals surface area contributed by atoms with Crippen molar-refractivity contribution in [3.8, 4) is 0 Å². The van der Waals surface area contributed by atoms with Gasteiger partial charge in [0.1, 0.15) is 12.4 Å². The fourth-order valence-corrected chi connectivity index (χ4v) is 2.54. The van der Waals surface area contributed by atoms with E-state index in [0.717, 1.165) is 37.5 Å². The Hall–Kier alpha value is -2.51. The Kier molecular flexibility index (Phi) is 11.5. The highest BCUT2D eigenvalue weighted by Gasteiger charge is 2.14. The lowest BCUT2D eigenvalue weighted by Crippen LogP contribution is -2.11. The van der Waals surface area contributed by atoms with Gasteiger partial charge < -0.3 is 9.47 Å². The number of nitrogens with zero attached hydrogens (tertiary/aromatic N) is 1. The van der Waals surface area contributed by atoms with Gasteiger partial charge in [0.2, 0.25) is 0 Å². The molecule has 0 spiro atoms. The lowest BCUT2D eigenvalue weighted by Gasteiger charge is -2.07. The van der Waals surface area contributed by atoms with Crippen LogP contribution in [0.25, 0.3) is 0 Å². The minimum Gasteiger partial charge on any atom is -0.466 e. The van der Waals surface area contributed by atoms with E-state index in [9.17, 15) is 24.1 Å². The average Bonchev–Trinajstić information content (AvgIpc) is 2.67. The van der Waals surface area contributed by atoms with Gasteiger partial charge in [-0.1, -0.05) is 45.4 Å². The van der Waals surface area contributed by atoms with Crippen molar-refractivity contribution in [2.45, 2.75) is 71.3 Å². The summed E-state index contributed by atoms with van der Waals surface area (Å²) in [4.78, 5) is 33.3. The molecule has 0 amide bonds. The highest BCUT2D eigenvalue weighted by Crippen LogP contribution is 2.18. The van der Waals surface area contributed by atoms with Gasteiger partial charge in [-0.3, -0.25) is 19.7 Å². The number of ether oxygens (including phenoxy) is 2. The van der Waals surface area contributed by atoms with Gasteiger partial charge in [-0.05, 0) is 12.5 Å². The molecule has 156 valence electrons. The van der Waals surface area contributed by atoms with Crippen molar-refractivity contribution in [3.05, 3.63) is 39.7 Å². The quantitative estimate of drug-likeness (QED) is 0.193. The number of carbonyl (C=O) groups excluding carboxylic acids is 2. The van der Waals surface area contributed by atoms with Crippen molar-refractivity contribution in [2.24, 2.45) is 0 Å². The number of hydrogen-bond acceptors (Lipinski definition) is 6. The van der Waals surface area contributed by atoms with Gasteiger partial charge >= 0.3 is 11.9 Å². The Morgan fingerprint density at radius 3 is 2.25 bits per heavy atom. The Morgan fingerprint density at radius 2 is 1.61 bits per heavy atom. The van der Waals surface area contributed by atoms with Crippen LogP contribution in [0.2, 0.25) is 0 Å². The van der Waals surface area contributed by atoms with E-state index in [2.05, 4.69) is 6.92 Å². The van der Waals surface area contributed by atoms with E-state index in [1.165, 1.54) is 25.7 Å². The van der Waals surface area contributed by atoms with Gasteiger partial charge in [0.15, 0.2) is 0 Å².